The lowest BCUT2D eigenvalue weighted by Gasteiger charge is -2.30. The number of rotatable bonds is 4. The number of benzene rings is 9. The molecule has 0 bridgehead atoms. The number of hydrogen-bond donors (Lipinski definition) is 0. The minimum absolute atomic E-state index is 0.0344. The zero-order valence-electron chi connectivity index (χ0n) is 42.6. The first-order chi connectivity index (χ1) is 35.8. The second kappa shape index (κ2) is 14.2. The predicted molar refractivity (Wildman–Crippen MR) is 304 cm³/mol. The van der Waals surface area contributed by atoms with Crippen LogP contribution >= 0.6 is 0 Å². The molecule has 4 aliphatic carbocycles. The van der Waals surface area contributed by atoms with Crippen molar-refractivity contribution in [2.24, 2.45) is 0 Å². The highest BCUT2D eigenvalue weighted by Crippen LogP contribution is 2.62. The molecule has 4 nitrogen and oxygen atoms in total. The van der Waals surface area contributed by atoms with Gasteiger partial charge in [-0.3, -0.25) is 0 Å². The van der Waals surface area contributed by atoms with Gasteiger partial charge < -0.3 is 18.5 Å². The van der Waals surface area contributed by atoms with E-state index in [2.05, 4.69) is 229 Å². The fourth-order valence-corrected chi connectivity index (χ4v) is 14.2. The van der Waals surface area contributed by atoms with E-state index in [1.54, 1.807) is 0 Å². The number of hydrogen-bond acceptors (Lipinski definition) is 4. The van der Waals surface area contributed by atoms with Crippen molar-refractivity contribution in [3.63, 3.8) is 0 Å². The number of furan rings is 2. The van der Waals surface area contributed by atoms with Gasteiger partial charge in [0.05, 0.1) is 0 Å². The fraction of sp³-hybridized carbons (Fsp3) is 0.171. The van der Waals surface area contributed by atoms with Crippen LogP contribution < -0.4 is 9.64 Å². The van der Waals surface area contributed by atoms with Crippen molar-refractivity contribution in [1.29, 1.82) is 0 Å². The summed E-state index contributed by atoms with van der Waals surface area (Å²) in [6, 6.07) is 59.0. The Balaban J connectivity index is 0.877. The normalized spacial score (nSPS) is 18.3. The van der Waals surface area contributed by atoms with Crippen molar-refractivity contribution in [3.8, 4) is 50.3 Å². The highest BCUT2D eigenvalue weighted by atomic mass is 16.5. The Kier molecular flexibility index (Phi) is 8.12. The van der Waals surface area contributed by atoms with Crippen molar-refractivity contribution >= 4 is 60.9 Å². The van der Waals surface area contributed by atoms with Crippen LogP contribution in [0.15, 0.2) is 191 Å². The van der Waals surface area contributed by atoms with Crippen molar-refractivity contribution in [2.45, 2.75) is 76.7 Å². The molecular formula is C70H53NO3. The molecule has 356 valence electrons. The second-order valence-corrected chi connectivity index (χ2v) is 23.2. The summed E-state index contributed by atoms with van der Waals surface area (Å²) in [6.45, 7) is 16.6. The van der Waals surface area contributed by atoms with Gasteiger partial charge in [-0.15, -0.1) is 0 Å². The monoisotopic (exact) mass is 955 g/mol. The van der Waals surface area contributed by atoms with E-state index in [0.717, 1.165) is 55.9 Å². The third-order valence-electron chi connectivity index (χ3n) is 18.1. The van der Waals surface area contributed by atoms with E-state index < -0.39 is 0 Å². The molecule has 9 aromatic carbocycles. The summed E-state index contributed by atoms with van der Waals surface area (Å²) in [5.41, 5.74) is 27.0. The number of fused-ring (bicyclic) bond motifs is 20. The summed E-state index contributed by atoms with van der Waals surface area (Å²) in [5, 5.41) is 4.61. The molecule has 2 unspecified atom stereocenters. The molecule has 4 heteroatoms. The van der Waals surface area contributed by atoms with Crippen LogP contribution in [0.25, 0.3) is 88.4 Å². The molecule has 74 heavy (non-hydrogen) atoms. The quantitative estimate of drug-likeness (QED) is 0.176. The van der Waals surface area contributed by atoms with E-state index in [-0.39, 0.29) is 28.3 Å². The van der Waals surface area contributed by atoms with Crippen molar-refractivity contribution in [1.82, 2.24) is 0 Å². The van der Waals surface area contributed by atoms with Gasteiger partial charge in [0.2, 0.25) is 0 Å². The fourth-order valence-electron chi connectivity index (χ4n) is 14.2. The van der Waals surface area contributed by atoms with Gasteiger partial charge in [0.1, 0.15) is 34.2 Å². The molecule has 1 aliphatic heterocycles. The molecule has 3 heterocycles. The molecular weight excluding hydrogens is 903 g/mol. The Morgan fingerprint density at radius 2 is 0.986 bits per heavy atom. The molecule has 5 aliphatic rings. The lowest BCUT2D eigenvalue weighted by atomic mass is 9.79. The maximum Gasteiger partial charge on any atom is 0.136 e. The molecule has 0 saturated carbocycles. The van der Waals surface area contributed by atoms with E-state index in [1.165, 1.54) is 99.8 Å². The molecule has 0 saturated heterocycles. The molecule has 0 spiro atoms. The van der Waals surface area contributed by atoms with Crippen molar-refractivity contribution in [2.75, 3.05) is 4.90 Å². The molecule has 0 amide bonds. The average molecular weight is 956 g/mol. The van der Waals surface area contributed by atoms with Gasteiger partial charge in [0.25, 0.3) is 0 Å². The highest BCUT2D eigenvalue weighted by Gasteiger charge is 2.46. The molecule has 16 rings (SSSR count). The summed E-state index contributed by atoms with van der Waals surface area (Å²) in [7, 11) is 0. The van der Waals surface area contributed by atoms with E-state index in [9.17, 15) is 0 Å². The van der Waals surface area contributed by atoms with Gasteiger partial charge in [0, 0.05) is 71.9 Å². The first kappa shape index (κ1) is 42.2. The second-order valence-electron chi connectivity index (χ2n) is 23.2. The third-order valence-corrected chi connectivity index (χ3v) is 18.1. The minimum Gasteiger partial charge on any atom is -0.484 e. The maximum atomic E-state index is 6.97. The van der Waals surface area contributed by atoms with Crippen LogP contribution in [0.3, 0.4) is 0 Å². The van der Waals surface area contributed by atoms with Gasteiger partial charge in [-0.05, 0) is 164 Å². The van der Waals surface area contributed by atoms with Crippen LogP contribution in [-0.4, -0.2) is 6.10 Å². The van der Waals surface area contributed by atoms with E-state index in [1.807, 2.05) is 6.07 Å². The Bertz CT molecular complexity index is 4400. The van der Waals surface area contributed by atoms with Crippen LogP contribution in [0.5, 0.6) is 5.75 Å². The van der Waals surface area contributed by atoms with Gasteiger partial charge in [-0.2, -0.15) is 0 Å². The molecule has 0 radical (unpaired) electrons. The minimum atomic E-state index is -0.305. The van der Waals surface area contributed by atoms with Gasteiger partial charge >= 0.3 is 0 Å². The Morgan fingerprint density at radius 1 is 0.419 bits per heavy atom. The maximum absolute atomic E-state index is 6.97. The summed E-state index contributed by atoms with van der Waals surface area (Å²) >= 11 is 0. The molecule has 2 aromatic heterocycles. The molecule has 0 N–H and O–H groups in total. The van der Waals surface area contributed by atoms with Crippen LogP contribution in [-0.2, 0) is 16.2 Å². The van der Waals surface area contributed by atoms with Crippen LogP contribution in [0.1, 0.15) is 92.0 Å². The number of aryl methyl sites for hydroxylation is 1. The zero-order valence-corrected chi connectivity index (χ0v) is 42.6. The standard InChI is InChI=1S/C70H53NO3/c1-38-20-22-39(23-21-38)48-35-57-63(66-47-16-10-13-19-60(47)74-67(48)66)45-28-25-42(34-54(45)70(57,6)7)71(40-26-30-61-50(32-40)44-14-8-11-17-58(44)72-61)41-24-27-43-49-36-56-51(37-55(49)69(4,5)53(43)33-41)64-52(68(56,2)3)29-31-62-65(64)46-15-9-12-18-59(46)73-62/h8-37,47,60H,1-7H3. The summed E-state index contributed by atoms with van der Waals surface area (Å²) in [4.78, 5) is 2.48. The van der Waals surface area contributed by atoms with Crippen LogP contribution in [0.2, 0.25) is 0 Å². The molecule has 0 fully saturated rings. The number of anilines is 3. The van der Waals surface area contributed by atoms with Gasteiger partial charge in [-0.25, -0.2) is 0 Å². The zero-order chi connectivity index (χ0) is 49.7. The topological polar surface area (TPSA) is 38.8 Å². The largest absolute Gasteiger partial charge is 0.484 e. The highest BCUT2D eigenvalue weighted by molar-refractivity contribution is 6.15. The Hall–Kier alpha value is -8.34. The predicted octanol–water partition coefficient (Wildman–Crippen LogP) is 18.8. The number of para-hydroxylation sites is 2. The summed E-state index contributed by atoms with van der Waals surface area (Å²) < 4.78 is 19.9. The van der Waals surface area contributed by atoms with E-state index in [0.29, 0.717) is 0 Å². The van der Waals surface area contributed by atoms with Crippen molar-refractivity contribution in [3.05, 3.63) is 227 Å². The Labute approximate surface area is 430 Å². The lowest BCUT2D eigenvalue weighted by Crippen LogP contribution is -2.18. The van der Waals surface area contributed by atoms with Crippen molar-refractivity contribution < 1.29 is 13.6 Å². The number of nitrogens with zero attached hydrogens (tertiary/aromatic N) is 1. The van der Waals surface area contributed by atoms with Crippen LogP contribution in [0.4, 0.5) is 17.1 Å². The van der Waals surface area contributed by atoms with Crippen LogP contribution in [0, 0.1) is 6.92 Å². The molecule has 2 atom stereocenters. The first-order valence-corrected chi connectivity index (χ1v) is 26.3. The number of allylic oxidation sites excluding steroid dienone is 2. The third kappa shape index (κ3) is 5.42. The van der Waals surface area contributed by atoms with Gasteiger partial charge in [0.15, 0.2) is 0 Å². The summed E-state index contributed by atoms with van der Waals surface area (Å²) in [5.74, 6) is 1.15. The first-order valence-electron chi connectivity index (χ1n) is 26.3. The smallest absolute Gasteiger partial charge is 0.136 e. The van der Waals surface area contributed by atoms with Gasteiger partial charge in [-0.1, -0.05) is 144 Å². The summed E-state index contributed by atoms with van der Waals surface area (Å²) in [6.07, 6.45) is 8.85. The average Bonchev–Trinajstić information content (AvgIpc) is 4.24. The molecule has 11 aromatic rings. The van der Waals surface area contributed by atoms with E-state index in [4.69, 9.17) is 13.6 Å². The van der Waals surface area contributed by atoms with E-state index >= 15 is 0 Å². The lowest BCUT2D eigenvalue weighted by molar-refractivity contribution is 0.270. The SMILES string of the molecule is Cc1ccc(-c2cc3c(c4c2OC2C=CC=CC42)-c2ccc(N(c4ccc5c(c4)C(C)(C)c4cc6c(cc4-5)C(C)(C)c4ccc5oc7ccccc7c5c4-6)c4ccc5oc6ccccc6c5c4)cc2C3(C)C)cc1. The number of ether oxygens (including phenoxy) is 1. The Morgan fingerprint density at radius 3 is 1.78 bits per heavy atom.